The molecule has 5 N–H and O–H groups in total. The number of halogens is 1. The highest BCUT2D eigenvalue weighted by molar-refractivity contribution is 7.92. The number of nitrogen functional groups attached to an aromatic ring is 1. The monoisotopic (exact) mass is 463 g/mol. The standard InChI is InChI=1S/C23H18FN5O3S/c24-17-6-1-14(2-7-17)16-5-10-20(25)21(11-16)29-22(30)15-3-8-18(9-4-15)33(26,32)19-12-27-23(31)28-13-19/h1-13,26H,25H2,(H,29,30)(H,27,28,31). The number of hydrogen-bond donors (Lipinski definition) is 4. The molecule has 0 aliphatic carbocycles. The maximum absolute atomic E-state index is 13.2. The summed E-state index contributed by atoms with van der Waals surface area (Å²) in [4.78, 5) is 29.8. The van der Waals surface area contributed by atoms with Crippen LogP contribution in [0.2, 0.25) is 0 Å². The molecule has 166 valence electrons. The molecule has 8 nitrogen and oxygen atoms in total. The summed E-state index contributed by atoms with van der Waals surface area (Å²) in [5.74, 6) is -0.800. The maximum Gasteiger partial charge on any atom is 0.344 e. The molecule has 1 unspecified atom stereocenters. The zero-order chi connectivity index (χ0) is 23.6. The van der Waals surface area contributed by atoms with Crippen LogP contribution in [0.4, 0.5) is 15.8 Å². The van der Waals surface area contributed by atoms with Gasteiger partial charge in [-0.3, -0.25) is 4.79 Å². The minimum atomic E-state index is -3.41. The summed E-state index contributed by atoms with van der Waals surface area (Å²) >= 11 is 0. The van der Waals surface area contributed by atoms with Crippen molar-refractivity contribution in [3.8, 4) is 11.1 Å². The van der Waals surface area contributed by atoms with Crippen molar-refractivity contribution < 1.29 is 13.4 Å². The van der Waals surface area contributed by atoms with Gasteiger partial charge in [0.1, 0.15) is 15.5 Å². The van der Waals surface area contributed by atoms with Crippen molar-refractivity contribution in [2.24, 2.45) is 0 Å². The minimum absolute atomic E-state index is 0.0460. The van der Waals surface area contributed by atoms with Gasteiger partial charge in [0, 0.05) is 11.8 Å². The lowest BCUT2D eigenvalue weighted by Gasteiger charge is -2.12. The number of nitrogens with zero attached hydrogens (tertiary/aromatic N) is 1. The number of amides is 1. The van der Waals surface area contributed by atoms with Crippen LogP contribution in [0.5, 0.6) is 0 Å². The molecule has 0 fully saturated rings. The Balaban J connectivity index is 1.56. The largest absolute Gasteiger partial charge is 0.397 e. The number of hydrogen-bond acceptors (Lipinski definition) is 6. The molecule has 1 aromatic heterocycles. The second-order valence-electron chi connectivity index (χ2n) is 7.10. The fourth-order valence-electron chi connectivity index (χ4n) is 3.10. The smallest absolute Gasteiger partial charge is 0.344 e. The molecule has 4 aromatic rings. The predicted molar refractivity (Wildman–Crippen MR) is 123 cm³/mol. The van der Waals surface area contributed by atoms with Crippen molar-refractivity contribution >= 4 is 27.0 Å². The first-order valence-corrected chi connectivity index (χ1v) is 11.2. The maximum atomic E-state index is 13.2. The van der Waals surface area contributed by atoms with E-state index in [1.807, 2.05) is 0 Å². The molecule has 4 rings (SSSR count). The molecule has 0 bridgehead atoms. The van der Waals surface area contributed by atoms with Crippen LogP contribution in [0.1, 0.15) is 10.4 Å². The van der Waals surface area contributed by atoms with Crippen molar-refractivity contribution in [1.82, 2.24) is 9.97 Å². The van der Waals surface area contributed by atoms with Gasteiger partial charge >= 0.3 is 5.69 Å². The quantitative estimate of drug-likeness (QED) is 0.332. The third kappa shape index (κ3) is 4.65. The van der Waals surface area contributed by atoms with Gasteiger partial charge in [0.05, 0.1) is 27.4 Å². The summed E-state index contributed by atoms with van der Waals surface area (Å²) in [5, 5.41) is 2.74. The first kappa shape index (κ1) is 21.9. The van der Waals surface area contributed by atoms with Crippen molar-refractivity contribution in [2.45, 2.75) is 9.79 Å². The van der Waals surface area contributed by atoms with E-state index in [-0.39, 0.29) is 21.2 Å². The number of nitrogens with two attached hydrogens (primary N) is 1. The Labute approximate surface area is 188 Å². The van der Waals surface area contributed by atoms with E-state index in [0.717, 1.165) is 17.3 Å². The highest BCUT2D eigenvalue weighted by Gasteiger charge is 2.16. The van der Waals surface area contributed by atoms with Crippen LogP contribution in [0.15, 0.2) is 93.7 Å². The summed E-state index contributed by atoms with van der Waals surface area (Å²) in [7, 11) is -3.41. The van der Waals surface area contributed by atoms with Crippen LogP contribution in [-0.2, 0) is 9.73 Å². The zero-order valence-corrected chi connectivity index (χ0v) is 17.9. The van der Waals surface area contributed by atoms with Gasteiger partial charge in [-0.05, 0) is 59.7 Å². The summed E-state index contributed by atoms with van der Waals surface area (Å²) in [6.07, 6.45) is 2.27. The van der Waals surface area contributed by atoms with Crippen molar-refractivity contribution in [3.63, 3.8) is 0 Å². The molecule has 0 radical (unpaired) electrons. The molecule has 10 heteroatoms. The third-order valence-corrected chi connectivity index (χ3v) is 6.73. The number of carbonyl (C=O) groups is 1. The summed E-state index contributed by atoms with van der Waals surface area (Å²) in [6.45, 7) is 0. The van der Waals surface area contributed by atoms with Crippen LogP contribution in [0.25, 0.3) is 11.1 Å². The van der Waals surface area contributed by atoms with E-state index in [1.165, 1.54) is 42.6 Å². The van der Waals surface area contributed by atoms with Crippen LogP contribution in [-0.4, -0.2) is 20.1 Å². The van der Waals surface area contributed by atoms with Crippen molar-refractivity contribution in [3.05, 3.63) is 101 Å². The first-order valence-electron chi connectivity index (χ1n) is 9.64. The lowest BCUT2D eigenvalue weighted by atomic mass is 10.0. The third-order valence-electron chi connectivity index (χ3n) is 4.91. The van der Waals surface area contributed by atoms with E-state index < -0.39 is 21.3 Å². The molecule has 33 heavy (non-hydrogen) atoms. The molecule has 1 amide bonds. The number of benzene rings is 3. The Morgan fingerprint density at radius 2 is 1.67 bits per heavy atom. The Hall–Kier alpha value is -4.31. The molecule has 0 saturated heterocycles. The van der Waals surface area contributed by atoms with Crippen LogP contribution >= 0.6 is 0 Å². The van der Waals surface area contributed by atoms with Gasteiger partial charge in [0.25, 0.3) is 5.91 Å². The second-order valence-corrected chi connectivity index (χ2v) is 9.15. The zero-order valence-electron chi connectivity index (χ0n) is 17.0. The van der Waals surface area contributed by atoms with Gasteiger partial charge < -0.3 is 16.0 Å². The van der Waals surface area contributed by atoms with Gasteiger partial charge in [-0.25, -0.2) is 23.2 Å². The molecular formula is C23H18FN5O3S. The number of carbonyl (C=O) groups excluding carboxylic acids is 1. The lowest BCUT2D eigenvalue weighted by molar-refractivity contribution is 0.102. The first-order chi connectivity index (χ1) is 15.7. The molecule has 0 saturated carbocycles. The summed E-state index contributed by atoms with van der Waals surface area (Å²) in [6, 6.07) is 16.8. The fourth-order valence-corrected chi connectivity index (χ4v) is 4.32. The minimum Gasteiger partial charge on any atom is -0.397 e. The molecule has 1 atom stereocenters. The van der Waals surface area contributed by atoms with Gasteiger partial charge in [0.15, 0.2) is 0 Å². The molecule has 0 spiro atoms. The van der Waals surface area contributed by atoms with Gasteiger partial charge in [-0.1, -0.05) is 18.2 Å². The molecule has 1 heterocycles. The Kier molecular flexibility index (Phi) is 5.76. The van der Waals surface area contributed by atoms with E-state index in [0.29, 0.717) is 11.4 Å². The number of anilines is 2. The molecule has 0 aliphatic rings. The number of nitrogens with one attached hydrogen (secondary N) is 3. The van der Waals surface area contributed by atoms with Gasteiger partial charge in [-0.2, -0.15) is 0 Å². The van der Waals surface area contributed by atoms with E-state index in [2.05, 4.69) is 15.3 Å². The van der Waals surface area contributed by atoms with Gasteiger partial charge in [0.2, 0.25) is 0 Å². The van der Waals surface area contributed by atoms with E-state index in [9.17, 15) is 18.2 Å². The Morgan fingerprint density at radius 1 is 1.00 bits per heavy atom. The number of aromatic nitrogens is 2. The average Bonchev–Trinajstić information content (AvgIpc) is 2.81. The number of aromatic amines is 1. The summed E-state index contributed by atoms with van der Waals surface area (Å²) in [5.41, 5.74) is 7.91. The second kappa shape index (κ2) is 8.67. The molecule has 3 aromatic carbocycles. The fraction of sp³-hybridized carbons (Fsp3) is 0. The summed E-state index contributed by atoms with van der Waals surface area (Å²) < 4.78 is 34.3. The van der Waals surface area contributed by atoms with Crippen LogP contribution < -0.4 is 16.7 Å². The highest BCUT2D eigenvalue weighted by Crippen LogP contribution is 2.28. The average molecular weight is 463 g/mol. The van der Waals surface area contributed by atoms with Gasteiger partial charge in [-0.15, -0.1) is 0 Å². The normalized spacial score (nSPS) is 12.6. The van der Waals surface area contributed by atoms with Crippen molar-refractivity contribution in [1.29, 1.82) is 4.78 Å². The van der Waals surface area contributed by atoms with E-state index >= 15 is 0 Å². The SMILES string of the molecule is N=S(=O)(c1ccc(C(=O)Nc2cc(-c3ccc(F)cc3)ccc2N)cc1)c1cnc(=O)[nH]c1. The lowest BCUT2D eigenvalue weighted by Crippen LogP contribution is -2.14. The number of H-pyrrole nitrogens is 1. The van der Waals surface area contributed by atoms with Crippen LogP contribution in [0.3, 0.4) is 0 Å². The Bertz CT molecular complexity index is 1480. The van der Waals surface area contributed by atoms with E-state index in [4.69, 9.17) is 10.5 Å². The van der Waals surface area contributed by atoms with Crippen LogP contribution in [0, 0.1) is 10.6 Å². The van der Waals surface area contributed by atoms with E-state index in [1.54, 1.807) is 30.3 Å². The Morgan fingerprint density at radius 3 is 2.30 bits per heavy atom. The van der Waals surface area contributed by atoms with Crippen molar-refractivity contribution in [2.75, 3.05) is 11.1 Å². The molecular weight excluding hydrogens is 445 g/mol. The predicted octanol–water partition coefficient (Wildman–Crippen LogP) is 3.88. The highest BCUT2D eigenvalue weighted by atomic mass is 32.2. The topological polar surface area (TPSA) is 142 Å². The number of rotatable bonds is 5. The molecule has 0 aliphatic heterocycles.